The topological polar surface area (TPSA) is 26.0 Å². The van der Waals surface area contributed by atoms with E-state index in [4.69, 9.17) is 9.40 Å². The maximum Gasteiger partial charge on any atom is 0.135 e. The number of hydrogen-bond donors (Lipinski definition) is 0. The number of rotatable bonds is 5. The minimum absolute atomic E-state index is 0.912. The molecule has 2 aromatic heterocycles. The van der Waals surface area contributed by atoms with Gasteiger partial charge in [-0.3, -0.25) is 4.98 Å². The number of benzene rings is 8. The molecular weight excluding hydrogens is 619 g/mol. The molecule has 0 amide bonds. The highest BCUT2D eigenvalue weighted by molar-refractivity contribution is 6.21. The minimum Gasteiger partial charge on any atom is -0.456 e. The first-order chi connectivity index (χ1) is 25.3. The van der Waals surface area contributed by atoms with Gasteiger partial charge in [0.25, 0.3) is 0 Å². The predicted molar refractivity (Wildman–Crippen MR) is 214 cm³/mol. The van der Waals surface area contributed by atoms with Gasteiger partial charge in [-0.25, -0.2) is 0 Å². The molecule has 2 heteroatoms. The van der Waals surface area contributed by atoms with Gasteiger partial charge < -0.3 is 4.42 Å². The molecule has 10 aromatic rings. The van der Waals surface area contributed by atoms with Crippen LogP contribution in [0.3, 0.4) is 0 Å². The normalized spacial score (nSPS) is 11.5. The molecule has 0 aliphatic carbocycles. The Labute approximate surface area is 295 Å². The molecule has 2 heterocycles. The lowest BCUT2D eigenvalue weighted by Gasteiger charge is -2.17. The van der Waals surface area contributed by atoms with Gasteiger partial charge >= 0.3 is 0 Å². The number of nitrogens with zero attached hydrogens (tertiary/aromatic N) is 1. The van der Waals surface area contributed by atoms with Gasteiger partial charge in [-0.05, 0) is 84.8 Å². The molecule has 0 aliphatic heterocycles. The van der Waals surface area contributed by atoms with Crippen molar-refractivity contribution in [3.8, 4) is 55.8 Å². The second kappa shape index (κ2) is 12.0. The Hall–Kier alpha value is -6.77. The van der Waals surface area contributed by atoms with Gasteiger partial charge in [0.15, 0.2) is 0 Å². The molecule has 0 unspecified atom stereocenters. The largest absolute Gasteiger partial charge is 0.456 e. The van der Waals surface area contributed by atoms with Crippen molar-refractivity contribution < 1.29 is 4.42 Å². The zero-order chi connectivity index (χ0) is 33.7. The van der Waals surface area contributed by atoms with Crippen LogP contribution in [0.5, 0.6) is 0 Å². The monoisotopic (exact) mass is 649 g/mol. The second-order valence-electron chi connectivity index (χ2n) is 13.1. The van der Waals surface area contributed by atoms with Crippen LogP contribution in [0, 0.1) is 0 Å². The summed E-state index contributed by atoms with van der Waals surface area (Å²) in [5.41, 5.74) is 13.4. The summed E-state index contributed by atoms with van der Waals surface area (Å²) in [5.74, 6) is 0. The lowest BCUT2D eigenvalue weighted by molar-refractivity contribution is 0.669. The van der Waals surface area contributed by atoms with Crippen LogP contribution in [0.25, 0.3) is 99.2 Å². The molecule has 2 nitrogen and oxygen atoms in total. The standard InChI is InChI=1S/C49H31NO/c1-2-10-32(11-3-1)33-22-24-36(25-23-33)48-40-13-4-6-15-42(40)49(43-16-7-5-14-41(43)48)45-28-26-38(31-50-45)35-20-18-34(19-21-35)37-27-29-47-44(30-37)39-12-8-9-17-46(39)51-47/h1-31H. The Bertz CT molecular complexity index is 2810. The Kier molecular flexibility index (Phi) is 6.85. The van der Waals surface area contributed by atoms with E-state index in [2.05, 4.69) is 170 Å². The number of furan rings is 1. The van der Waals surface area contributed by atoms with Gasteiger partial charge in [-0.2, -0.15) is 0 Å². The Morgan fingerprint density at radius 2 is 0.745 bits per heavy atom. The number of aromatic nitrogens is 1. The smallest absolute Gasteiger partial charge is 0.135 e. The summed E-state index contributed by atoms with van der Waals surface area (Å²) in [7, 11) is 0. The molecule has 0 atom stereocenters. The van der Waals surface area contributed by atoms with E-state index >= 15 is 0 Å². The van der Waals surface area contributed by atoms with E-state index in [1.807, 2.05) is 18.3 Å². The lowest BCUT2D eigenvalue weighted by atomic mass is 9.87. The molecule has 238 valence electrons. The number of para-hydroxylation sites is 1. The Balaban J connectivity index is 1.01. The minimum atomic E-state index is 0.912. The molecule has 0 aliphatic rings. The molecule has 8 aromatic carbocycles. The van der Waals surface area contributed by atoms with E-state index in [9.17, 15) is 0 Å². The van der Waals surface area contributed by atoms with Crippen molar-refractivity contribution in [3.05, 3.63) is 188 Å². The SMILES string of the molecule is c1ccc(-c2ccc(-c3c4ccccc4c(-c4ccc(-c5ccc(-c6ccc7oc8ccccc8c7c6)cc5)cn4)c4ccccc34)cc2)cc1. The first-order valence-corrected chi connectivity index (χ1v) is 17.4. The zero-order valence-corrected chi connectivity index (χ0v) is 27.8. The van der Waals surface area contributed by atoms with Crippen LogP contribution in [0.4, 0.5) is 0 Å². The summed E-state index contributed by atoms with van der Waals surface area (Å²) in [6, 6.07) is 64.8. The van der Waals surface area contributed by atoms with Crippen molar-refractivity contribution in [3.63, 3.8) is 0 Å². The van der Waals surface area contributed by atoms with Crippen molar-refractivity contribution in [1.82, 2.24) is 4.98 Å². The van der Waals surface area contributed by atoms with Gasteiger partial charge in [0.1, 0.15) is 11.2 Å². The highest BCUT2D eigenvalue weighted by Crippen LogP contribution is 2.43. The molecule has 51 heavy (non-hydrogen) atoms. The third kappa shape index (κ3) is 5.00. The average molecular weight is 650 g/mol. The summed E-state index contributed by atoms with van der Waals surface area (Å²) < 4.78 is 6.05. The molecule has 0 radical (unpaired) electrons. The molecule has 0 saturated heterocycles. The maximum atomic E-state index is 6.05. The van der Waals surface area contributed by atoms with Crippen LogP contribution in [0.15, 0.2) is 193 Å². The van der Waals surface area contributed by atoms with Gasteiger partial charge in [0.2, 0.25) is 0 Å². The van der Waals surface area contributed by atoms with Crippen molar-refractivity contribution >= 4 is 43.5 Å². The molecule has 0 bridgehead atoms. The van der Waals surface area contributed by atoms with Gasteiger partial charge in [-0.1, -0.05) is 158 Å². The Morgan fingerprint density at radius 3 is 1.37 bits per heavy atom. The fraction of sp³-hybridized carbons (Fsp3) is 0. The summed E-state index contributed by atoms with van der Waals surface area (Å²) in [6.45, 7) is 0. The molecule has 0 fully saturated rings. The summed E-state index contributed by atoms with van der Waals surface area (Å²) >= 11 is 0. The number of pyridine rings is 1. The summed E-state index contributed by atoms with van der Waals surface area (Å²) in [4.78, 5) is 5.10. The molecule has 0 spiro atoms. The highest BCUT2D eigenvalue weighted by atomic mass is 16.3. The Morgan fingerprint density at radius 1 is 0.294 bits per heavy atom. The first kappa shape index (κ1) is 29.2. The predicted octanol–water partition coefficient (Wildman–Crippen LogP) is 13.6. The van der Waals surface area contributed by atoms with Gasteiger partial charge in [-0.15, -0.1) is 0 Å². The van der Waals surface area contributed by atoms with Crippen LogP contribution in [-0.4, -0.2) is 4.98 Å². The van der Waals surface area contributed by atoms with Crippen LogP contribution in [0.2, 0.25) is 0 Å². The lowest BCUT2D eigenvalue weighted by Crippen LogP contribution is -1.92. The van der Waals surface area contributed by atoms with Crippen molar-refractivity contribution in [2.24, 2.45) is 0 Å². The molecular formula is C49H31NO. The zero-order valence-electron chi connectivity index (χ0n) is 27.8. The molecule has 0 saturated carbocycles. The highest BCUT2D eigenvalue weighted by Gasteiger charge is 2.17. The second-order valence-corrected chi connectivity index (χ2v) is 13.1. The van der Waals surface area contributed by atoms with E-state index in [1.165, 1.54) is 54.9 Å². The van der Waals surface area contributed by atoms with Crippen molar-refractivity contribution in [2.45, 2.75) is 0 Å². The molecule has 10 rings (SSSR count). The maximum absolute atomic E-state index is 6.05. The summed E-state index contributed by atoms with van der Waals surface area (Å²) in [6.07, 6.45) is 2.01. The van der Waals surface area contributed by atoms with Gasteiger partial charge in [0.05, 0.1) is 5.69 Å². The van der Waals surface area contributed by atoms with E-state index in [0.29, 0.717) is 0 Å². The van der Waals surface area contributed by atoms with Gasteiger partial charge in [0, 0.05) is 28.1 Å². The summed E-state index contributed by atoms with van der Waals surface area (Å²) in [5, 5.41) is 7.13. The first-order valence-electron chi connectivity index (χ1n) is 17.4. The van der Waals surface area contributed by atoms with E-state index < -0.39 is 0 Å². The van der Waals surface area contributed by atoms with Crippen LogP contribution < -0.4 is 0 Å². The van der Waals surface area contributed by atoms with E-state index in [-0.39, 0.29) is 0 Å². The fourth-order valence-corrected chi connectivity index (χ4v) is 7.65. The average Bonchev–Trinajstić information content (AvgIpc) is 3.59. The van der Waals surface area contributed by atoms with Crippen LogP contribution in [0.1, 0.15) is 0 Å². The third-order valence-corrected chi connectivity index (χ3v) is 10.2. The van der Waals surface area contributed by atoms with E-state index in [1.54, 1.807) is 0 Å². The number of hydrogen-bond acceptors (Lipinski definition) is 2. The molecule has 0 N–H and O–H groups in total. The van der Waals surface area contributed by atoms with Crippen LogP contribution in [-0.2, 0) is 0 Å². The quantitative estimate of drug-likeness (QED) is 0.173. The van der Waals surface area contributed by atoms with Crippen molar-refractivity contribution in [2.75, 3.05) is 0 Å². The van der Waals surface area contributed by atoms with E-state index in [0.717, 1.165) is 44.3 Å². The third-order valence-electron chi connectivity index (χ3n) is 10.2. The van der Waals surface area contributed by atoms with Crippen LogP contribution >= 0.6 is 0 Å². The number of fused-ring (bicyclic) bond motifs is 5. The van der Waals surface area contributed by atoms with Crippen molar-refractivity contribution in [1.29, 1.82) is 0 Å². The fourth-order valence-electron chi connectivity index (χ4n) is 7.65.